The Morgan fingerprint density at radius 3 is 1.12 bits per heavy atom. The van der Waals surface area contributed by atoms with Gasteiger partial charge in [0.1, 0.15) is 6.61 Å². The summed E-state index contributed by atoms with van der Waals surface area (Å²) in [6.07, 6.45) is 54.1. The number of aliphatic carboxylic acids is 1. The number of nitrogens with zero attached hydrogens (tertiary/aromatic N) is 1. The lowest BCUT2D eigenvalue weighted by atomic mass is 10.0. The summed E-state index contributed by atoms with van der Waals surface area (Å²) in [7, 11) is 5.55. The molecule has 378 valence electrons. The van der Waals surface area contributed by atoms with Crippen molar-refractivity contribution in [2.45, 2.75) is 289 Å². The predicted octanol–water partition coefficient (Wildman–Crippen LogP) is 16.2. The summed E-state index contributed by atoms with van der Waals surface area (Å²) in [4.78, 5) is 37.2. The van der Waals surface area contributed by atoms with E-state index in [0.29, 0.717) is 19.3 Å². The molecule has 0 aliphatic heterocycles. The molecular formula is C56H108NO7+. The van der Waals surface area contributed by atoms with E-state index in [1.165, 1.54) is 205 Å². The minimum atomic E-state index is -0.870. The highest BCUT2D eigenvalue weighted by molar-refractivity contribution is 5.72. The maximum atomic E-state index is 12.8. The van der Waals surface area contributed by atoms with Gasteiger partial charge in [-0.1, -0.05) is 231 Å². The van der Waals surface area contributed by atoms with Crippen molar-refractivity contribution in [2.24, 2.45) is 0 Å². The molecule has 0 fully saturated rings. The van der Waals surface area contributed by atoms with E-state index in [2.05, 4.69) is 26.0 Å². The highest BCUT2D eigenvalue weighted by atomic mass is 16.6. The van der Waals surface area contributed by atoms with E-state index >= 15 is 0 Å². The van der Waals surface area contributed by atoms with Gasteiger partial charge in [0, 0.05) is 19.3 Å². The fraction of sp³-hybridized carbons (Fsp3) is 0.911. The lowest BCUT2D eigenvalue weighted by molar-refractivity contribution is -0.887. The highest BCUT2D eigenvalue weighted by Crippen LogP contribution is 2.17. The summed E-state index contributed by atoms with van der Waals surface area (Å²) in [5.41, 5.74) is 0. The normalized spacial score (nSPS) is 12.8. The third kappa shape index (κ3) is 45.2. The standard InChI is InChI=1S/C56H107NO7/c1-6-8-10-12-14-16-18-20-22-24-26-27-28-29-31-33-35-37-39-41-43-45-47-55(59)64-52(50-62-49-48-53(56(60)61)57(3,4)5)51-63-54(58)46-44-42-40-38-36-34-32-30-25-23-21-19-17-15-13-11-9-7-2/h28-29,52-53H,6-27,30-51H2,1-5H3/p+1/b29-28+. The average molecular weight is 907 g/mol. The minimum Gasteiger partial charge on any atom is -0.477 e. The number of hydrogen-bond donors (Lipinski definition) is 1. The Bertz CT molecular complexity index is 1060. The third-order valence-electron chi connectivity index (χ3n) is 12.9. The maximum absolute atomic E-state index is 12.8. The van der Waals surface area contributed by atoms with Crippen LogP contribution >= 0.6 is 0 Å². The summed E-state index contributed by atoms with van der Waals surface area (Å²) in [6, 6.07) is -0.612. The number of carbonyl (C=O) groups excluding carboxylic acids is 2. The largest absolute Gasteiger partial charge is 0.477 e. The van der Waals surface area contributed by atoms with Crippen molar-refractivity contribution < 1.29 is 38.2 Å². The molecule has 0 spiro atoms. The molecule has 2 atom stereocenters. The van der Waals surface area contributed by atoms with Crippen LogP contribution in [0.1, 0.15) is 277 Å². The van der Waals surface area contributed by atoms with Crippen LogP contribution < -0.4 is 0 Å². The second-order valence-corrected chi connectivity index (χ2v) is 20.2. The van der Waals surface area contributed by atoms with Gasteiger partial charge in [-0.05, 0) is 38.5 Å². The third-order valence-corrected chi connectivity index (χ3v) is 12.9. The van der Waals surface area contributed by atoms with Gasteiger partial charge in [-0.25, -0.2) is 4.79 Å². The molecule has 0 bridgehead atoms. The molecule has 0 heterocycles. The first-order chi connectivity index (χ1) is 31.1. The summed E-state index contributed by atoms with van der Waals surface area (Å²) in [6.45, 7) is 4.79. The van der Waals surface area contributed by atoms with Crippen molar-refractivity contribution in [3.63, 3.8) is 0 Å². The second kappa shape index (κ2) is 47.6. The molecule has 8 heteroatoms. The molecule has 0 saturated carbocycles. The zero-order chi connectivity index (χ0) is 47.0. The van der Waals surface area contributed by atoms with Gasteiger partial charge in [-0.3, -0.25) is 9.59 Å². The Hall–Kier alpha value is -1.93. The second-order valence-electron chi connectivity index (χ2n) is 20.2. The van der Waals surface area contributed by atoms with E-state index in [0.717, 1.165) is 38.5 Å². The zero-order valence-electron chi connectivity index (χ0n) is 43.3. The lowest BCUT2D eigenvalue weighted by Gasteiger charge is -2.31. The van der Waals surface area contributed by atoms with Gasteiger partial charge in [-0.2, -0.15) is 0 Å². The molecule has 0 aliphatic rings. The van der Waals surface area contributed by atoms with Crippen molar-refractivity contribution >= 4 is 17.9 Å². The molecular weight excluding hydrogens is 799 g/mol. The molecule has 0 radical (unpaired) electrons. The van der Waals surface area contributed by atoms with E-state index in [9.17, 15) is 19.5 Å². The Labute approximate surface area is 397 Å². The molecule has 0 aromatic rings. The lowest BCUT2D eigenvalue weighted by Crippen LogP contribution is -2.50. The van der Waals surface area contributed by atoms with Gasteiger partial charge in [0.25, 0.3) is 0 Å². The first-order valence-corrected chi connectivity index (χ1v) is 27.7. The number of allylic oxidation sites excluding steroid dienone is 2. The summed E-state index contributed by atoms with van der Waals surface area (Å²) < 4.78 is 17.4. The van der Waals surface area contributed by atoms with Gasteiger partial charge in [0.15, 0.2) is 12.1 Å². The molecule has 0 saturated heterocycles. The van der Waals surface area contributed by atoms with Crippen LogP contribution in [0.15, 0.2) is 12.2 Å². The van der Waals surface area contributed by atoms with Gasteiger partial charge < -0.3 is 23.8 Å². The Morgan fingerprint density at radius 2 is 0.781 bits per heavy atom. The van der Waals surface area contributed by atoms with Crippen LogP contribution in [0.25, 0.3) is 0 Å². The van der Waals surface area contributed by atoms with Crippen molar-refractivity contribution in [3.05, 3.63) is 12.2 Å². The average Bonchev–Trinajstić information content (AvgIpc) is 3.26. The number of rotatable bonds is 51. The molecule has 0 aromatic heterocycles. The number of carbonyl (C=O) groups is 3. The van der Waals surface area contributed by atoms with E-state index in [-0.39, 0.29) is 36.2 Å². The number of carboxylic acid groups (broad SMARTS) is 1. The molecule has 1 N–H and O–H groups in total. The number of carboxylic acids is 1. The quantitative estimate of drug-likeness (QED) is 0.0281. The van der Waals surface area contributed by atoms with Crippen molar-refractivity contribution in [1.82, 2.24) is 0 Å². The topological polar surface area (TPSA) is 99.1 Å². The number of unbranched alkanes of at least 4 members (excludes halogenated alkanes) is 35. The summed E-state index contributed by atoms with van der Waals surface area (Å²) in [5.74, 6) is -1.45. The molecule has 2 unspecified atom stereocenters. The first kappa shape index (κ1) is 62.1. The van der Waals surface area contributed by atoms with E-state index in [1.54, 1.807) is 0 Å². The highest BCUT2D eigenvalue weighted by Gasteiger charge is 2.31. The van der Waals surface area contributed by atoms with E-state index in [4.69, 9.17) is 14.2 Å². The minimum absolute atomic E-state index is 0.0458. The number of hydrogen-bond acceptors (Lipinski definition) is 6. The number of likely N-dealkylation sites (N-methyl/N-ethyl adjacent to an activating group) is 1. The van der Waals surface area contributed by atoms with Crippen LogP contribution in [0, 0.1) is 0 Å². The number of quaternary nitrogens is 1. The van der Waals surface area contributed by atoms with Gasteiger partial charge >= 0.3 is 17.9 Å². The van der Waals surface area contributed by atoms with E-state index < -0.39 is 18.1 Å². The SMILES string of the molecule is CCCCCCCCCCCCC/C=C/CCCCCCCCCC(=O)OC(COCCC(C(=O)O)[N+](C)(C)C)COC(=O)CCCCCCCCCCCCCCCCCCCC. The molecule has 0 amide bonds. The Balaban J connectivity index is 4.17. The van der Waals surface area contributed by atoms with Gasteiger partial charge in [0.2, 0.25) is 0 Å². The molecule has 0 rings (SSSR count). The van der Waals surface area contributed by atoms with Crippen molar-refractivity contribution in [3.8, 4) is 0 Å². The van der Waals surface area contributed by atoms with E-state index in [1.807, 2.05) is 21.1 Å². The zero-order valence-corrected chi connectivity index (χ0v) is 43.3. The molecule has 0 aliphatic carbocycles. The predicted molar refractivity (Wildman–Crippen MR) is 271 cm³/mol. The maximum Gasteiger partial charge on any atom is 0.362 e. The smallest absolute Gasteiger partial charge is 0.362 e. The monoisotopic (exact) mass is 907 g/mol. The van der Waals surface area contributed by atoms with Crippen LogP contribution in [0.5, 0.6) is 0 Å². The Morgan fingerprint density at radius 1 is 0.453 bits per heavy atom. The van der Waals surface area contributed by atoms with Crippen LogP contribution in [-0.4, -0.2) is 80.6 Å². The van der Waals surface area contributed by atoms with Crippen molar-refractivity contribution in [2.75, 3.05) is 41.0 Å². The van der Waals surface area contributed by atoms with Crippen LogP contribution in [0.3, 0.4) is 0 Å². The fourth-order valence-electron chi connectivity index (χ4n) is 8.62. The van der Waals surface area contributed by atoms with Crippen LogP contribution in [0.4, 0.5) is 0 Å². The Kier molecular flexibility index (Phi) is 46.1. The fourth-order valence-corrected chi connectivity index (χ4v) is 8.62. The van der Waals surface area contributed by atoms with Crippen LogP contribution in [-0.2, 0) is 28.6 Å². The summed E-state index contributed by atoms with van der Waals surface area (Å²) >= 11 is 0. The van der Waals surface area contributed by atoms with Crippen LogP contribution in [0.2, 0.25) is 0 Å². The summed E-state index contributed by atoms with van der Waals surface area (Å²) in [5, 5.41) is 9.67. The van der Waals surface area contributed by atoms with Gasteiger partial charge in [-0.15, -0.1) is 0 Å². The molecule has 8 nitrogen and oxygen atoms in total. The number of esters is 2. The number of ether oxygens (including phenoxy) is 3. The molecule has 0 aromatic carbocycles. The first-order valence-electron chi connectivity index (χ1n) is 27.7. The van der Waals surface area contributed by atoms with Gasteiger partial charge in [0.05, 0.1) is 34.4 Å². The van der Waals surface area contributed by atoms with Crippen molar-refractivity contribution in [1.29, 1.82) is 0 Å². The molecule has 64 heavy (non-hydrogen) atoms.